The molecule has 1 N–H and O–H groups in total. The number of rotatable bonds is 5. The fourth-order valence-corrected chi connectivity index (χ4v) is 4.48. The number of nitrogens with zero attached hydrogens (tertiary/aromatic N) is 1. The van der Waals surface area contributed by atoms with Gasteiger partial charge in [-0.05, 0) is 42.8 Å². The van der Waals surface area contributed by atoms with E-state index < -0.39 is 16.1 Å². The van der Waals surface area contributed by atoms with Crippen molar-refractivity contribution in [3.63, 3.8) is 0 Å². The second-order valence-corrected chi connectivity index (χ2v) is 7.50. The molecule has 0 fully saturated rings. The summed E-state index contributed by atoms with van der Waals surface area (Å²) in [4.78, 5) is 10.7. The van der Waals surface area contributed by atoms with E-state index in [1.807, 2.05) is 12.1 Å². The second kappa shape index (κ2) is 6.16. The first-order valence-corrected chi connectivity index (χ1v) is 8.89. The number of fused-ring (bicyclic) bond motifs is 1. The zero-order valence-corrected chi connectivity index (χ0v) is 13.8. The van der Waals surface area contributed by atoms with Crippen molar-refractivity contribution in [2.24, 2.45) is 0 Å². The Balaban J connectivity index is 2.03. The Morgan fingerprint density at radius 3 is 2.54 bits per heavy atom. The van der Waals surface area contributed by atoms with E-state index in [4.69, 9.17) is 4.74 Å². The molecule has 0 aliphatic carbocycles. The van der Waals surface area contributed by atoms with Crippen LogP contribution in [-0.2, 0) is 19.6 Å². The van der Waals surface area contributed by atoms with Crippen LogP contribution in [0.5, 0.6) is 5.75 Å². The minimum atomic E-state index is -3.77. The number of ether oxygens (including phenoxy) is 1. The Hall–Kier alpha value is -2.54. The summed E-state index contributed by atoms with van der Waals surface area (Å²) in [6.45, 7) is 2.31. The highest BCUT2D eigenvalue weighted by Crippen LogP contribution is 2.41. The first-order chi connectivity index (χ1) is 11.4. The van der Waals surface area contributed by atoms with Crippen molar-refractivity contribution in [3.8, 4) is 5.75 Å². The molecule has 3 rings (SSSR count). The van der Waals surface area contributed by atoms with Crippen molar-refractivity contribution in [3.05, 3.63) is 54.1 Å². The lowest BCUT2D eigenvalue weighted by Crippen LogP contribution is -2.32. The molecule has 2 atom stereocenters. The lowest BCUT2D eigenvalue weighted by atomic mass is 9.96. The van der Waals surface area contributed by atoms with E-state index in [2.05, 4.69) is 0 Å². The Morgan fingerprint density at radius 1 is 1.21 bits per heavy atom. The van der Waals surface area contributed by atoms with Gasteiger partial charge in [0.2, 0.25) is 0 Å². The first-order valence-electron chi connectivity index (χ1n) is 7.45. The van der Waals surface area contributed by atoms with Gasteiger partial charge < -0.3 is 9.84 Å². The van der Waals surface area contributed by atoms with Gasteiger partial charge in [0.05, 0.1) is 10.6 Å². The highest BCUT2D eigenvalue weighted by molar-refractivity contribution is 7.92. The van der Waals surface area contributed by atoms with Crippen LogP contribution < -0.4 is 4.31 Å². The number of sulfonamides is 1. The maximum Gasteiger partial charge on any atom is 0.293 e. The summed E-state index contributed by atoms with van der Waals surface area (Å²) in [7, 11) is -3.77. The number of carbonyl (C=O) groups is 1. The van der Waals surface area contributed by atoms with Crippen molar-refractivity contribution >= 4 is 22.2 Å². The summed E-state index contributed by atoms with van der Waals surface area (Å²) in [5, 5.41) is 9.36. The molecule has 0 radical (unpaired) electrons. The minimum Gasteiger partial charge on any atom is -0.508 e. The number of phenols is 1. The molecule has 2 aromatic carbocycles. The number of aromatic hydroxyl groups is 1. The Morgan fingerprint density at radius 2 is 1.88 bits per heavy atom. The van der Waals surface area contributed by atoms with Crippen LogP contribution in [0.15, 0.2) is 53.4 Å². The zero-order chi connectivity index (χ0) is 17.3. The van der Waals surface area contributed by atoms with Gasteiger partial charge in [0, 0.05) is 12.5 Å². The number of benzene rings is 2. The average molecular weight is 347 g/mol. The SMILES string of the molecule is CC(OC=O)[C@H]1CN(S(=O)(=O)c2ccc(O)cc2)c2ccccc21. The molecule has 1 aliphatic heterocycles. The summed E-state index contributed by atoms with van der Waals surface area (Å²) in [5.74, 6) is -0.236. The van der Waals surface area contributed by atoms with Crippen LogP contribution in [0.3, 0.4) is 0 Å². The van der Waals surface area contributed by atoms with Crippen molar-refractivity contribution < 1.29 is 23.1 Å². The van der Waals surface area contributed by atoms with Gasteiger partial charge in [0.25, 0.3) is 16.5 Å². The molecule has 2 aromatic rings. The number of carbonyl (C=O) groups excluding carboxylic acids is 1. The van der Waals surface area contributed by atoms with Gasteiger partial charge in [-0.25, -0.2) is 8.42 Å². The molecule has 7 heteroatoms. The normalized spacial score (nSPS) is 18.0. The first kappa shape index (κ1) is 16.3. The molecule has 0 spiro atoms. The maximum atomic E-state index is 13.0. The van der Waals surface area contributed by atoms with E-state index in [-0.39, 0.29) is 23.1 Å². The molecule has 0 aromatic heterocycles. The van der Waals surface area contributed by atoms with Crippen LogP contribution in [0.25, 0.3) is 0 Å². The van der Waals surface area contributed by atoms with Crippen molar-refractivity contribution in [2.45, 2.75) is 23.8 Å². The molecule has 0 saturated carbocycles. The Bertz CT molecular complexity index is 848. The standard InChI is InChI=1S/C17H17NO5S/c1-12(23-11-19)16-10-18(17-5-3-2-4-15(16)17)24(21,22)14-8-6-13(20)7-9-14/h2-9,11-12,16,20H,10H2,1H3/t12?,16-/m1/s1. The number of anilines is 1. The summed E-state index contributed by atoms with van der Waals surface area (Å²) >= 11 is 0. The average Bonchev–Trinajstić information content (AvgIpc) is 2.96. The molecule has 24 heavy (non-hydrogen) atoms. The highest BCUT2D eigenvalue weighted by atomic mass is 32.2. The summed E-state index contributed by atoms with van der Waals surface area (Å²) in [6.07, 6.45) is -0.441. The summed E-state index contributed by atoms with van der Waals surface area (Å²) in [6, 6.07) is 12.6. The number of para-hydroxylation sites is 1. The van der Waals surface area contributed by atoms with Crippen molar-refractivity contribution in [1.29, 1.82) is 0 Å². The van der Waals surface area contributed by atoms with E-state index in [1.54, 1.807) is 19.1 Å². The molecular weight excluding hydrogens is 330 g/mol. The fourth-order valence-electron chi connectivity index (χ4n) is 2.96. The second-order valence-electron chi connectivity index (χ2n) is 5.63. The van der Waals surface area contributed by atoms with Crippen molar-refractivity contribution in [2.75, 3.05) is 10.8 Å². The summed E-state index contributed by atoms with van der Waals surface area (Å²) < 4.78 is 32.3. The topological polar surface area (TPSA) is 83.9 Å². The van der Waals surface area contributed by atoms with Crippen LogP contribution in [0, 0.1) is 0 Å². The number of hydrogen-bond donors (Lipinski definition) is 1. The summed E-state index contributed by atoms with van der Waals surface area (Å²) in [5.41, 5.74) is 1.41. The van der Waals surface area contributed by atoms with E-state index >= 15 is 0 Å². The van der Waals surface area contributed by atoms with E-state index in [0.717, 1.165) is 5.56 Å². The lowest BCUT2D eigenvalue weighted by molar-refractivity contribution is -0.133. The molecular formula is C17H17NO5S. The molecule has 6 nitrogen and oxygen atoms in total. The molecule has 126 valence electrons. The molecule has 0 amide bonds. The van der Waals surface area contributed by atoms with Crippen LogP contribution >= 0.6 is 0 Å². The van der Waals surface area contributed by atoms with Gasteiger partial charge in [-0.3, -0.25) is 9.10 Å². The largest absolute Gasteiger partial charge is 0.508 e. The van der Waals surface area contributed by atoms with Gasteiger partial charge >= 0.3 is 0 Å². The van der Waals surface area contributed by atoms with Crippen LogP contribution in [0.1, 0.15) is 18.4 Å². The number of hydrogen-bond acceptors (Lipinski definition) is 5. The Kier molecular flexibility index (Phi) is 4.19. The van der Waals surface area contributed by atoms with Gasteiger partial charge in [0.15, 0.2) is 0 Å². The monoisotopic (exact) mass is 347 g/mol. The highest BCUT2D eigenvalue weighted by Gasteiger charge is 2.39. The molecule has 0 bridgehead atoms. The van der Waals surface area contributed by atoms with E-state index in [1.165, 1.54) is 28.6 Å². The van der Waals surface area contributed by atoms with Crippen LogP contribution in [0.4, 0.5) is 5.69 Å². The molecule has 1 aliphatic rings. The third-order valence-corrected chi connectivity index (χ3v) is 6.02. The Labute approximate surface area is 140 Å². The predicted octanol–water partition coefficient (Wildman–Crippen LogP) is 2.25. The third kappa shape index (κ3) is 2.71. The fraction of sp³-hybridized carbons (Fsp3) is 0.235. The van der Waals surface area contributed by atoms with Crippen LogP contribution in [0.2, 0.25) is 0 Å². The van der Waals surface area contributed by atoms with Gasteiger partial charge in [-0.15, -0.1) is 0 Å². The number of phenolic OH excluding ortho intramolecular Hbond substituents is 1. The van der Waals surface area contributed by atoms with Gasteiger partial charge in [0.1, 0.15) is 11.9 Å². The molecule has 1 heterocycles. The predicted molar refractivity (Wildman–Crippen MR) is 88.4 cm³/mol. The smallest absolute Gasteiger partial charge is 0.293 e. The minimum absolute atomic E-state index is 0.00153. The van der Waals surface area contributed by atoms with Crippen LogP contribution in [-0.4, -0.2) is 32.6 Å². The molecule has 0 saturated heterocycles. The lowest BCUT2D eigenvalue weighted by Gasteiger charge is -2.21. The third-order valence-electron chi connectivity index (χ3n) is 4.23. The van der Waals surface area contributed by atoms with E-state index in [9.17, 15) is 18.3 Å². The molecule has 1 unspecified atom stereocenters. The maximum absolute atomic E-state index is 13.0. The van der Waals surface area contributed by atoms with E-state index in [0.29, 0.717) is 12.2 Å². The zero-order valence-electron chi connectivity index (χ0n) is 13.0. The van der Waals surface area contributed by atoms with Gasteiger partial charge in [-0.2, -0.15) is 0 Å². The van der Waals surface area contributed by atoms with Crippen molar-refractivity contribution in [1.82, 2.24) is 0 Å². The van der Waals surface area contributed by atoms with Gasteiger partial charge in [-0.1, -0.05) is 18.2 Å². The quantitative estimate of drug-likeness (QED) is 0.839.